The van der Waals surface area contributed by atoms with Crippen molar-refractivity contribution >= 4 is 11.6 Å². The Hall–Kier alpha value is -2.09. The molecule has 0 unspecified atom stereocenters. The van der Waals surface area contributed by atoms with Crippen LogP contribution in [0.1, 0.15) is 19.4 Å². The van der Waals surface area contributed by atoms with E-state index in [-0.39, 0.29) is 18.0 Å². The predicted octanol–water partition coefficient (Wildman–Crippen LogP) is 1.98. The molecule has 0 aliphatic rings. The van der Waals surface area contributed by atoms with Crippen molar-refractivity contribution in [2.75, 3.05) is 25.0 Å². The van der Waals surface area contributed by atoms with Crippen molar-refractivity contribution in [3.63, 3.8) is 0 Å². The number of carbonyl (C=O) groups excluding carboxylic acids is 1. The van der Waals surface area contributed by atoms with E-state index in [1.54, 1.807) is 17.0 Å². The lowest BCUT2D eigenvalue weighted by Gasteiger charge is -2.19. The number of hydrogen-bond donors (Lipinski definition) is 1. The SMILES string of the molecule is CCN(CC)C(=O)CNc1cccc(F)c1C#N. The van der Waals surface area contributed by atoms with Gasteiger partial charge in [0.1, 0.15) is 17.4 Å². The summed E-state index contributed by atoms with van der Waals surface area (Å²) in [7, 11) is 0. The first-order valence-corrected chi connectivity index (χ1v) is 5.84. The van der Waals surface area contributed by atoms with Crippen LogP contribution >= 0.6 is 0 Å². The van der Waals surface area contributed by atoms with Gasteiger partial charge in [-0.15, -0.1) is 0 Å². The van der Waals surface area contributed by atoms with Crippen LogP contribution in [0.2, 0.25) is 0 Å². The standard InChI is InChI=1S/C13H16FN3O/c1-3-17(4-2)13(18)9-16-12-7-5-6-11(14)10(12)8-15/h5-7,16H,3-4,9H2,1-2H3. The van der Waals surface area contributed by atoms with Crippen molar-refractivity contribution in [2.45, 2.75) is 13.8 Å². The van der Waals surface area contributed by atoms with Gasteiger partial charge in [0.25, 0.3) is 0 Å². The monoisotopic (exact) mass is 249 g/mol. The summed E-state index contributed by atoms with van der Waals surface area (Å²) in [6, 6.07) is 6.08. The number of nitrogens with zero attached hydrogens (tertiary/aromatic N) is 2. The summed E-state index contributed by atoms with van der Waals surface area (Å²) in [6.45, 7) is 5.10. The molecule has 96 valence electrons. The van der Waals surface area contributed by atoms with Gasteiger partial charge in [0.15, 0.2) is 0 Å². The van der Waals surface area contributed by atoms with Gasteiger partial charge in [-0.05, 0) is 26.0 Å². The minimum absolute atomic E-state index is 0.0554. The van der Waals surface area contributed by atoms with Crippen molar-refractivity contribution in [1.82, 2.24) is 4.90 Å². The summed E-state index contributed by atoms with van der Waals surface area (Å²) in [4.78, 5) is 13.4. The lowest BCUT2D eigenvalue weighted by molar-refractivity contribution is -0.128. The Labute approximate surface area is 106 Å². The zero-order valence-electron chi connectivity index (χ0n) is 10.5. The van der Waals surface area contributed by atoms with Crippen LogP contribution in [0.3, 0.4) is 0 Å². The normalized spacial score (nSPS) is 9.67. The lowest BCUT2D eigenvalue weighted by Crippen LogP contribution is -2.35. The number of nitriles is 1. The van der Waals surface area contributed by atoms with E-state index in [1.807, 2.05) is 13.8 Å². The number of hydrogen-bond acceptors (Lipinski definition) is 3. The van der Waals surface area contributed by atoms with Crippen molar-refractivity contribution in [2.24, 2.45) is 0 Å². The van der Waals surface area contributed by atoms with Gasteiger partial charge in [-0.3, -0.25) is 4.79 Å². The van der Waals surface area contributed by atoms with Crippen LogP contribution in [0.4, 0.5) is 10.1 Å². The second kappa shape index (κ2) is 6.60. The molecular weight excluding hydrogens is 233 g/mol. The number of halogens is 1. The van der Waals surface area contributed by atoms with E-state index < -0.39 is 5.82 Å². The Morgan fingerprint density at radius 3 is 2.67 bits per heavy atom. The number of benzene rings is 1. The molecule has 1 rings (SSSR count). The van der Waals surface area contributed by atoms with E-state index in [4.69, 9.17) is 5.26 Å². The van der Waals surface area contributed by atoms with Crippen LogP contribution < -0.4 is 5.32 Å². The molecule has 5 heteroatoms. The third kappa shape index (κ3) is 3.20. The van der Waals surface area contributed by atoms with Gasteiger partial charge in [0, 0.05) is 13.1 Å². The van der Waals surface area contributed by atoms with E-state index in [2.05, 4.69) is 5.32 Å². The van der Waals surface area contributed by atoms with Gasteiger partial charge in [-0.2, -0.15) is 5.26 Å². The van der Waals surface area contributed by atoms with Gasteiger partial charge >= 0.3 is 0 Å². The Morgan fingerprint density at radius 1 is 1.44 bits per heavy atom. The highest BCUT2D eigenvalue weighted by atomic mass is 19.1. The lowest BCUT2D eigenvalue weighted by atomic mass is 10.2. The maximum absolute atomic E-state index is 13.3. The third-order valence-electron chi connectivity index (χ3n) is 2.67. The predicted molar refractivity (Wildman–Crippen MR) is 67.5 cm³/mol. The Bertz CT molecular complexity index is 464. The Balaban J connectivity index is 2.73. The van der Waals surface area contributed by atoms with Crippen molar-refractivity contribution in [3.05, 3.63) is 29.6 Å². The molecule has 0 aromatic heterocycles. The summed E-state index contributed by atoms with van der Waals surface area (Å²) in [5.74, 6) is -0.661. The van der Waals surface area contributed by atoms with E-state index in [0.717, 1.165) is 0 Å². The third-order valence-corrected chi connectivity index (χ3v) is 2.67. The molecule has 1 amide bonds. The number of rotatable bonds is 5. The molecule has 0 atom stereocenters. The fraction of sp³-hybridized carbons (Fsp3) is 0.385. The quantitative estimate of drug-likeness (QED) is 0.868. The van der Waals surface area contributed by atoms with Gasteiger partial charge in [0.05, 0.1) is 12.2 Å². The highest BCUT2D eigenvalue weighted by molar-refractivity contribution is 5.81. The molecule has 4 nitrogen and oxygen atoms in total. The molecule has 1 aromatic rings. The second-order valence-electron chi connectivity index (χ2n) is 3.69. The largest absolute Gasteiger partial charge is 0.375 e. The molecule has 1 aromatic carbocycles. The zero-order chi connectivity index (χ0) is 13.5. The molecule has 0 fully saturated rings. The summed E-state index contributed by atoms with van der Waals surface area (Å²) in [5.41, 5.74) is 0.280. The average molecular weight is 249 g/mol. The molecule has 0 aliphatic heterocycles. The van der Waals surface area contributed by atoms with Crippen LogP contribution in [0, 0.1) is 17.1 Å². The number of anilines is 1. The first-order valence-electron chi connectivity index (χ1n) is 5.84. The Morgan fingerprint density at radius 2 is 2.11 bits per heavy atom. The first kappa shape index (κ1) is 14.0. The summed E-state index contributed by atoms with van der Waals surface area (Å²) in [5, 5.41) is 11.6. The zero-order valence-corrected chi connectivity index (χ0v) is 10.5. The Kier molecular flexibility index (Phi) is 5.12. The van der Waals surface area contributed by atoms with E-state index in [1.165, 1.54) is 12.1 Å². The number of likely N-dealkylation sites (N-methyl/N-ethyl adjacent to an activating group) is 1. The topological polar surface area (TPSA) is 56.1 Å². The molecule has 0 spiro atoms. The van der Waals surface area contributed by atoms with Crippen LogP contribution in [-0.2, 0) is 4.79 Å². The van der Waals surface area contributed by atoms with E-state index in [9.17, 15) is 9.18 Å². The molecule has 0 aliphatic carbocycles. The second-order valence-corrected chi connectivity index (χ2v) is 3.69. The summed E-state index contributed by atoms with van der Waals surface area (Å²) in [6.07, 6.45) is 0. The molecule has 0 heterocycles. The minimum atomic E-state index is -0.585. The average Bonchev–Trinajstić information content (AvgIpc) is 2.37. The minimum Gasteiger partial charge on any atom is -0.375 e. The maximum atomic E-state index is 13.3. The number of carbonyl (C=O) groups is 1. The molecule has 18 heavy (non-hydrogen) atoms. The van der Waals surface area contributed by atoms with Gasteiger partial charge < -0.3 is 10.2 Å². The molecular formula is C13H16FN3O. The van der Waals surface area contributed by atoms with Crippen LogP contribution in [0.15, 0.2) is 18.2 Å². The number of nitrogens with one attached hydrogen (secondary N) is 1. The van der Waals surface area contributed by atoms with Crippen molar-refractivity contribution in [1.29, 1.82) is 5.26 Å². The molecule has 0 bridgehead atoms. The number of amides is 1. The van der Waals surface area contributed by atoms with Gasteiger partial charge in [0.2, 0.25) is 5.91 Å². The summed E-state index contributed by atoms with van der Waals surface area (Å²) >= 11 is 0. The molecule has 1 N–H and O–H groups in total. The fourth-order valence-electron chi connectivity index (χ4n) is 1.64. The van der Waals surface area contributed by atoms with E-state index >= 15 is 0 Å². The van der Waals surface area contributed by atoms with Crippen molar-refractivity contribution < 1.29 is 9.18 Å². The van der Waals surface area contributed by atoms with Crippen LogP contribution in [0.25, 0.3) is 0 Å². The summed E-state index contributed by atoms with van der Waals surface area (Å²) < 4.78 is 13.3. The molecule has 0 radical (unpaired) electrons. The van der Waals surface area contributed by atoms with Crippen LogP contribution in [0.5, 0.6) is 0 Å². The fourth-order valence-corrected chi connectivity index (χ4v) is 1.64. The first-order chi connectivity index (χ1) is 8.63. The highest BCUT2D eigenvalue weighted by Gasteiger charge is 2.11. The van der Waals surface area contributed by atoms with Crippen LogP contribution in [-0.4, -0.2) is 30.4 Å². The molecule has 0 saturated heterocycles. The van der Waals surface area contributed by atoms with E-state index in [0.29, 0.717) is 18.8 Å². The smallest absolute Gasteiger partial charge is 0.241 e. The van der Waals surface area contributed by atoms with Crippen molar-refractivity contribution in [3.8, 4) is 6.07 Å². The van der Waals surface area contributed by atoms with Gasteiger partial charge in [-0.1, -0.05) is 6.07 Å². The molecule has 0 saturated carbocycles. The highest BCUT2D eigenvalue weighted by Crippen LogP contribution is 2.17. The van der Waals surface area contributed by atoms with Gasteiger partial charge in [-0.25, -0.2) is 4.39 Å². The maximum Gasteiger partial charge on any atom is 0.241 e.